The van der Waals surface area contributed by atoms with Crippen molar-refractivity contribution in [2.24, 2.45) is 0 Å². The lowest BCUT2D eigenvalue weighted by Crippen LogP contribution is -2.27. The molecule has 0 saturated carbocycles. The van der Waals surface area contributed by atoms with E-state index in [0.29, 0.717) is 33.4 Å². The molecule has 4 nitrogen and oxygen atoms in total. The van der Waals surface area contributed by atoms with Gasteiger partial charge in [0.05, 0.1) is 18.1 Å². The van der Waals surface area contributed by atoms with Gasteiger partial charge >= 0.3 is 0 Å². The third-order valence-electron chi connectivity index (χ3n) is 3.69. The Morgan fingerprint density at radius 1 is 1.19 bits per heavy atom. The van der Waals surface area contributed by atoms with Crippen LogP contribution < -0.4 is 4.74 Å². The summed E-state index contributed by atoms with van der Waals surface area (Å²) in [5.41, 5.74) is 1.30. The highest BCUT2D eigenvalue weighted by Crippen LogP contribution is 2.35. The van der Waals surface area contributed by atoms with E-state index in [1.165, 1.54) is 12.1 Å². The molecule has 7 heteroatoms. The Balaban J connectivity index is 1.85. The number of carbonyl (C=O) groups is 2. The summed E-state index contributed by atoms with van der Waals surface area (Å²) < 4.78 is 18.5. The van der Waals surface area contributed by atoms with Gasteiger partial charge in [-0.3, -0.25) is 14.5 Å². The van der Waals surface area contributed by atoms with E-state index in [0.717, 1.165) is 16.7 Å². The lowest BCUT2D eigenvalue weighted by molar-refractivity contribution is -0.123. The molecule has 134 valence electrons. The topological polar surface area (TPSA) is 46.6 Å². The Kier molecular flexibility index (Phi) is 5.64. The number of benzene rings is 2. The number of amides is 2. The van der Waals surface area contributed by atoms with Gasteiger partial charge in [-0.2, -0.15) is 0 Å². The van der Waals surface area contributed by atoms with E-state index >= 15 is 0 Å². The molecule has 2 amide bonds. The molecule has 3 rings (SSSR count). The fraction of sp³-hybridized carbons (Fsp3) is 0.158. The van der Waals surface area contributed by atoms with Gasteiger partial charge in [-0.05, 0) is 60.7 Å². The van der Waals surface area contributed by atoms with Crippen LogP contribution in [-0.4, -0.2) is 22.7 Å². The summed E-state index contributed by atoms with van der Waals surface area (Å²) in [4.78, 5) is 26.3. The van der Waals surface area contributed by atoms with E-state index < -0.39 is 5.91 Å². The average molecular weight is 392 g/mol. The van der Waals surface area contributed by atoms with Gasteiger partial charge in [0, 0.05) is 10.6 Å². The number of hydrogen-bond acceptors (Lipinski definition) is 4. The molecule has 26 heavy (non-hydrogen) atoms. The van der Waals surface area contributed by atoms with Gasteiger partial charge in [0.1, 0.15) is 11.6 Å². The molecule has 2 aromatic rings. The van der Waals surface area contributed by atoms with Crippen LogP contribution in [0.2, 0.25) is 5.02 Å². The molecule has 1 aliphatic rings. The number of nitrogens with zero attached hydrogens (tertiary/aromatic N) is 1. The number of hydrogen-bond donors (Lipinski definition) is 0. The first-order chi connectivity index (χ1) is 12.5. The zero-order chi connectivity index (χ0) is 18.7. The Bertz CT molecular complexity index is 883. The van der Waals surface area contributed by atoms with Crippen molar-refractivity contribution in [1.82, 2.24) is 4.90 Å². The fourth-order valence-corrected chi connectivity index (χ4v) is 3.48. The predicted molar refractivity (Wildman–Crippen MR) is 101 cm³/mol. The number of ether oxygens (including phenoxy) is 1. The highest BCUT2D eigenvalue weighted by atomic mass is 35.5. The minimum absolute atomic E-state index is 0.0934. The second-order valence-corrected chi connectivity index (χ2v) is 6.94. The first-order valence-electron chi connectivity index (χ1n) is 7.90. The molecular weight excluding hydrogens is 377 g/mol. The summed E-state index contributed by atoms with van der Waals surface area (Å²) in [5.74, 6) is -0.179. The number of rotatable bonds is 5. The third-order valence-corrected chi connectivity index (χ3v) is 4.83. The summed E-state index contributed by atoms with van der Waals surface area (Å²) >= 11 is 6.89. The highest BCUT2D eigenvalue weighted by Gasteiger charge is 2.35. The van der Waals surface area contributed by atoms with E-state index in [1.807, 2.05) is 6.92 Å². The van der Waals surface area contributed by atoms with E-state index in [1.54, 1.807) is 36.4 Å². The maximum absolute atomic E-state index is 13.0. The number of thioether (sulfide) groups is 1. The van der Waals surface area contributed by atoms with Crippen LogP contribution in [0.25, 0.3) is 6.08 Å². The smallest absolute Gasteiger partial charge is 0.293 e. The van der Waals surface area contributed by atoms with Crippen molar-refractivity contribution < 1.29 is 18.7 Å². The van der Waals surface area contributed by atoms with E-state index in [-0.39, 0.29) is 17.6 Å². The van der Waals surface area contributed by atoms with Gasteiger partial charge < -0.3 is 4.74 Å². The molecule has 0 spiro atoms. The molecule has 0 unspecified atom stereocenters. The van der Waals surface area contributed by atoms with Crippen LogP contribution in [0.15, 0.2) is 47.4 Å². The molecule has 0 aliphatic carbocycles. The molecular formula is C19H15ClFNO3S. The van der Waals surface area contributed by atoms with Crippen molar-refractivity contribution in [1.29, 1.82) is 0 Å². The summed E-state index contributed by atoms with van der Waals surface area (Å²) in [6, 6.07) is 10.8. The Morgan fingerprint density at radius 3 is 2.62 bits per heavy atom. The minimum atomic E-state index is -0.397. The zero-order valence-electron chi connectivity index (χ0n) is 13.9. The monoisotopic (exact) mass is 391 g/mol. The molecule has 0 atom stereocenters. The first-order valence-corrected chi connectivity index (χ1v) is 9.09. The Labute approximate surface area is 159 Å². The molecule has 0 aromatic heterocycles. The van der Waals surface area contributed by atoms with Crippen molar-refractivity contribution in [2.75, 3.05) is 6.61 Å². The Hall–Kier alpha value is -2.31. The second-order valence-electron chi connectivity index (χ2n) is 5.51. The van der Waals surface area contributed by atoms with Crippen molar-refractivity contribution >= 4 is 40.6 Å². The van der Waals surface area contributed by atoms with Crippen LogP contribution in [0, 0.1) is 5.82 Å². The lowest BCUT2D eigenvalue weighted by Gasteiger charge is -2.12. The van der Waals surface area contributed by atoms with Crippen molar-refractivity contribution in [2.45, 2.75) is 13.5 Å². The van der Waals surface area contributed by atoms with Crippen LogP contribution in [0.4, 0.5) is 9.18 Å². The summed E-state index contributed by atoms with van der Waals surface area (Å²) in [6.07, 6.45) is 1.60. The third kappa shape index (κ3) is 4.08. The first kappa shape index (κ1) is 18.5. The lowest BCUT2D eigenvalue weighted by atomic mass is 10.1. The van der Waals surface area contributed by atoms with Crippen LogP contribution in [0.5, 0.6) is 5.75 Å². The molecule has 1 heterocycles. The van der Waals surface area contributed by atoms with Crippen LogP contribution in [0.3, 0.4) is 0 Å². The maximum Gasteiger partial charge on any atom is 0.293 e. The number of halogens is 2. The summed E-state index contributed by atoms with van der Waals surface area (Å²) in [5, 5.41) is 0.135. The average Bonchev–Trinajstić information content (AvgIpc) is 2.87. The molecule has 1 aliphatic heterocycles. The van der Waals surface area contributed by atoms with Crippen LogP contribution in [0.1, 0.15) is 18.1 Å². The number of imide groups is 1. The van der Waals surface area contributed by atoms with E-state index in [4.69, 9.17) is 16.3 Å². The molecule has 0 radical (unpaired) electrons. The summed E-state index contributed by atoms with van der Waals surface area (Å²) in [6.45, 7) is 2.42. The molecule has 1 fully saturated rings. The maximum atomic E-state index is 13.0. The van der Waals surface area contributed by atoms with E-state index in [9.17, 15) is 14.0 Å². The number of carbonyl (C=O) groups excluding carboxylic acids is 2. The van der Waals surface area contributed by atoms with Gasteiger partial charge in [0.25, 0.3) is 11.1 Å². The highest BCUT2D eigenvalue weighted by molar-refractivity contribution is 8.18. The Morgan fingerprint density at radius 2 is 1.92 bits per heavy atom. The summed E-state index contributed by atoms with van der Waals surface area (Å²) in [7, 11) is 0. The minimum Gasteiger partial charge on any atom is -0.493 e. The van der Waals surface area contributed by atoms with Gasteiger partial charge in [-0.25, -0.2) is 4.39 Å². The SMILES string of the molecule is CCOc1ccc(Cl)cc1/C=C1\SC(=O)N(Cc2ccc(F)cc2)C1=O. The second kappa shape index (κ2) is 7.93. The van der Waals surface area contributed by atoms with Gasteiger partial charge in [0.2, 0.25) is 0 Å². The largest absolute Gasteiger partial charge is 0.493 e. The standard InChI is InChI=1S/C19H15ClFNO3S/c1-2-25-16-8-5-14(20)9-13(16)10-17-18(23)22(19(24)26-17)11-12-3-6-15(21)7-4-12/h3-10H,2,11H2,1H3/b17-10-. The quantitative estimate of drug-likeness (QED) is 0.664. The van der Waals surface area contributed by atoms with Crippen molar-refractivity contribution in [3.8, 4) is 5.75 Å². The van der Waals surface area contributed by atoms with Gasteiger partial charge in [-0.1, -0.05) is 23.7 Å². The predicted octanol–water partition coefficient (Wildman–Crippen LogP) is 5.11. The van der Waals surface area contributed by atoms with Crippen molar-refractivity contribution in [3.63, 3.8) is 0 Å². The van der Waals surface area contributed by atoms with Crippen molar-refractivity contribution in [3.05, 3.63) is 69.3 Å². The van der Waals surface area contributed by atoms with E-state index in [2.05, 4.69) is 0 Å². The molecule has 2 aromatic carbocycles. The molecule has 1 saturated heterocycles. The fourth-order valence-electron chi connectivity index (χ4n) is 2.47. The van der Waals surface area contributed by atoms with Gasteiger partial charge in [0.15, 0.2) is 0 Å². The van der Waals surface area contributed by atoms with Crippen LogP contribution in [-0.2, 0) is 11.3 Å². The normalized spacial score (nSPS) is 15.8. The molecule has 0 bridgehead atoms. The van der Waals surface area contributed by atoms with Gasteiger partial charge in [-0.15, -0.1) is 0 Å². The van der Waals surface area contributed by atoms with Crippen LogP contribution >= 0.6 is 23.4 Å². The zero-order valence-corrected chi connectivity index (χ0v) is 15.4. The molecule has 0 N–H and O–H groups in total.